The van der Waals surface area contributed by atoms with E-state index in [4.69, 9.17) is 10.3 Å². The van der Waals surface area contributed by atoms with Crippen LogP contribution in [-0.2, 0) is 0 Å². The van der Waals surface area contributed by atoms with Crippen LogP contribution in [0.15, 0.2) is 34.9 Å². The molecule has 90 valence electrons. The second-order valence-electron chi connectivity index (χ2n) is 4.08. The van der Waals surface area contributed by atoms with E-state index in [-0.39, 0.29) is 11.9 Å². The molecule has 0 spiro atoms. The van der Waals surface area contributed by atoms with Gasteiger partial charge in [0.1, 0.15) is 17.6 Å². The van der Waals surface area contributed by atoms with Gasteiger partial charge in [0.2, 0.25) is 0 Å². The molecule has 0 aliphatic carbocycles. The predicted molar refractivity (Wildman–Crippen MR) is 63.7 cm³/mol. The van der Waals surface area contributed by atoms with Gasteiger partial charge in [-0.05, 0) is 42.7 Å². The van der Waals surface area contributed by atoms with Gasteiger partial charge in [-0.25, -0.2) is 9.82 Å². The molecule has 0 saturated carbocycles. The minimum Gasteiger partial charge on any atom is -0.467 e. The lowest BCUT2D eigenvalue weighted by Crippen LogP contribution is -2.29. The predicted octanol–water partition coefficient (Wildman–Crippen LogP) is 2.59. The zero-order valence-electron chi connectivity index (χ0n) is 9.83. The Labute approximate surface area is 99.4 Å². The molecule has 1 aromatic carbocycles. The number of aryl methyl sites for hydroxylation is 2. The summed E-state index contributed by atoms with van der Waals surface area (Å²) in [5.41, 5.74) is 4.98. The Balaban J connectivity index is 2.42. The van der Waals surface area contributed by atoms with Crippen molar-refractivity contribution < 1.29 is 8.81 Å². The van der Waals surface area contributed by atoms with Crippen molar-refractivity contribution in [3.8, 4) is 0 Å². The number of hydrogen-bond acceptors (Lipinski definition) is 3. The lowest BCUT2D eigenvalue weighted by atomic mass is 10.0. The van der Waals surface area contributed by atoms with E-state index in [1.54, 1.807) is 19.3 Å². The molecule has 2 aromatic rings. The Bertz CT molecular complexity index is 522. The SMILES string of the molecule is Cc1ccc(C(NN)c2occc2C)cc1F. The summed E-state index contributed by atoms with van der Waals surface area (Å²) in [5, 5.41) is 0. The maximum absolute atomic E-state index is 13.5. The summed E-state index contributed by atoms with van der Waals surface area (Å²) in [4.78, 5) is 0. The van der Waals surface area contributed by atoms with Crippen LogP contribution >= 0.6 is 0 Å². The standard InChI is InChI=1S/C13H15FN2O/c1-8-3-4-10(7-11(8)14)12(16-15)13-9(2)5-6-17-13/h3-7,12,16H,15H2,1-2H3. The summed E-state index contributed by atoms with van der Waals surface area (Å²) in [6.07, 6.45) is 1.60. The Morgan fingerprint density at radius 2 is 2.00 bits per heavy atom. The number of furan rings is 1. The van der Waals surface area contributed by atoms with Crippen LogP contribution in [0.2, 0.25) is 0 Å². The number of halogens is 1. The highest BCUT2D eigenvalue weighted by atomic mass is 19.1. The van der Waals surface area contributed by atoms with E-state index in [0.717, 1.165) is 11.1 Å². The summed E-state index contributed by atoms with van der Waals surface area (Å²) >= 11 is 0. The fourth-order valence-corrected chi connectivity index (χ4v) is 1.79. The Morgan fingerprint density at radius 1 is 1.24 bits per heavy atom. The molecule has 0 bridgehead atoms. The number of nitrogens with one attached hydrogen (secondary N) is 1. The molecule has 0 amide bonds. The largest absolute Gasteiger partial charge is 0.467 e. The van der Waals surface area contributed by atoms with Crippen molar-refractivity contribution in [2.24, 2.45) is 5.84 Å². The molecule has 2 rings (SSSR count). The minimum absolute atomic E-state index is 0.244. The van der Waals surface area contributed by atoms with Crippen LogP contribution < -0.4 is 11.3 Å². The van der Waals surface area contributed by atoms with E-state index in [1.807, 2.05) is 19.1 Å². The van der Waals surface area contributed by atoms with Crippen molar-refractivity contribution in [3.05, 3.63) is 58.8 Å². The molecule has 3 N–H and O–H groups in total. The fraction of sp³-hybridized carbons (Fsp3) is 0.231. The molecule has 0 aliphatic heterocycles. The van der Waals surface area contributed by atoms with Crippen LogP contribution in [0, 0.1) is 19.7 Å². The zero-order valence-corrected chi connectivity index (χ0v) is 9.83. The van der Waals surface area contributed by atoms with Gasteiger partial charge in [-0.2, -0.15) is 0 Å². The van der Waals surface area contributed by atoms with Crippen molar-refractivity contribution >= 4 is 0 Å². The zero-order chi connectivity index (χ0) is 12.4. The van der Waals surface area contributed by atoms with E-state index in [1.165, 1.54) is 6.07 Å². The normalized spacial score (nSPS) is 12.7. The molecular weight excluding hydrogens is 219 g/mol. The van der Waals surface area contributed by atoms with Crippen molar-refractivity contribution in [2.45, 2.75) is 19.9 Å². The molecule has 17 heavy (non-hydrogen) atoms. The summed E-state index contributed by atoms with van der Waals surface area (Å²) in [7, 11) is 0. The van der Waals surface area contributed by atoms with Gasteiger partial charge in [0.15, 0.2) is 0 Å². The molecule has 0 saturated heterocycles. The van der Waals surface area contributed by atoms with Crippen molar-refractivity contribution in [1.29, 1.82) is 0 Å². The summed E-state index contributed by atoms with van der Waals surface area (Å²) in [6, 6.07) is 6.56. The summed E-state index contributed by atoms with van der Waals surface area (Å²) in [6.45, 7) is 3.65. The molecule has 4 heteroatoms. The summed E-state index contributed by atoms with van der Waals surface area (Å²) < 4.78 is 18.9. The highest BCUT2D eigenvalue weighted by molar-refractivity contribution is 5.33. The van der Waals surface area contributed by atoms with Crippen molar-refractivity contribution in [1.82, 2.24) is 5.43 Å². The monoisotopic (exact) mass is 234 g/mol. The van der Waals surface area contributed by atoms with E-state index in [9.17, 15) is 4.39 Å². The molecule has 1 atom stereocenters. The van der Waals surface area contributed by atoms with Gasteiger partial charge in [-0.15, -0.1) is 0 Å². The van der Waals surface area contributed by atoms with Gasteiger partial charge < -0.3 is 4.42 Å². The van der Waals surface area contributed by atoms with Crippen LogP contribution in [0.4, 0.5) is 4.39 Å². The maximum Gasteiger partial charge on any atom is 0.129 e. The smallest absolute Gasteiger partial charge is 0.129 e. The Morgan fingerprint density at radius 3 is 2.53 bits per heavy atom. The lowest BCUT2D eigenvalue weighted by Gasteiger charge is -2.15. The first kappa shape index (κ1) is 11.8. The quantitative estimate of drug-likeness (QED) is 0.634. The first-order chi connectivity index (χ1) is 8.13. The van der Waals surface area contributed by atoms with Gasteiger partial charge >= 0.3 is 0 Å². The second kappa shape index (κ2) is 4.69. The first-order valence-electron chi connectivity index (χ1n) is 5.39. The molecule has 0 aliphatic rings. The van der Waals surface area contributed by atoms with Crippen LogP contribution in [0.1, 0.15) is 28.5 Å². The van der Waals surface area contributed by atoms with E-state index in [0.29, 0.717) is 11.3 Å². The number of nitrogens with two attached hydrogens (primary N) is 1. The molecule has 3 nitrogen and oxygen atoms in total. The molecular formula is C13H15FN2O. The minimum atomic E-state index is -0.333. The van der Waals surface area contributed by atoms with Gasteiger partial charge in [-0.1, -0.05) is 12.1 Å². The molecule has 0 fully saturated rings. The first-order valence-corrected chi connectivity index (χ1v) is 5.39. The topological polar surface area (TPSA) is 51.2 Å². The van der Waals surface area contributed by atoms with Crippen LogP contribution in [0.5, 0.6) is 0 Å². The Kier molecular flexibility index (Phi) is 3.26. The van der Waals surface area contributed by atoms with E-state index >= 15 is 0 Å². The van der Waals surface area contributed by atoms with Crippen molar-refractivity contribution in [3.63, 3.8) is 0 Å². The van der Waals surface area contributed by atoms with Crippen LogP contribution in [-0.4, -0.2) is 0 Å². The van der Waals surface area contributed by atoms with Crippen LogP contribution in [0.3, 0.4) is 0 Å². The maximum atomic E-state index is 13.5. The van der Waals surface area contributed by atoms with Gasteiger partial charge in [0.25, 0.3) is 0 Å². The molecule has 0 radical (unpaired) electrons. The number of hydrogen-bond donors (Lipinski definition) is 2. The van der Waals surface area contributed by atoms with Crippen LogP contribution in [0.25, 0.3) is 0 Å². The second-order valence-corrected chi connectivity index (χ2v) is 4.08. The third-order valence-corrected chi connectivity index (χ3v) is 2.86. The molecule has 1 heterocycles. The molecule has 1 aromatic heterocycles. The average Bonchev–Trinajstić information content (AvgIpc) is 2.71. The van der Waals surface area contributed by atoms with E-state index in [2.05, 4.69) is 5.43 Å². The van der Waals surface area contributed by atoms with Crippen molar-refractivity contribution in [2.75, 3.05) is 0 Å². The van der Waals surface area contributed by atoms with E-state index < -0.39 is 0 Å². The molecule has 1 unspecified atom stereocenters. The fourth-order valence-electron chi connectivity index (χ4n) is 1.79. The van der Waals surface area contributed by atoms with Gasteiger partial charge in [0, 0.05) is 0 Å². The highest BCUT2D eigenvalue weighted by Crippen LogP contribution is 2.26. The van der Waals surface area contributed by atoms with Gasteiger partial charge in [0.05, 0.1) is 6.26 Å². The lowest BCUT2D eigenvalue weighted by molar-refractivity contribution is 0.448. The number of hydrazine groups is 1. The highest BCUT2D eigenvalue weighted by Gasteiger charge is 2.18. The summed E-state index contributed by atoms with van der Waals surface area (Å²) in [5.74, 6) is 5.98. The number of rotatable bonds is 3. The third kappa shape index (κ3) is 2.23. The Hall–Kier alpha value is -1.65. The third-order valence-electron chi connectivity index (χ3n) is 2.86. The average molecular weight is 234 g/mol. The number of benzene rings is 1. The van der Waals surface area contributed by atoms with Gasteiger partial charge in [-0.3, -0.25) is 5.84 Å².